The molecular formula is C8H17N3O. The fourth-order valence-electron chi connectivity index (χ4n) is 1.63. The van der Waals surface area contributed by atoms with Crippen molar-refractivity contribution < 1.29 is 4.79 Å². The smallest absolute Gasteiger partial charge is 0.236 e. The molecule has 0 aliphatic carbocycles. The van der Waals surface area contributed by atoms with Gasteiger partial charge in [0.25, 0.3) is 0 Å². The fourth-order valence-corrected chi connectivity index (χ4v) is 1.63. The standard InChI is InChI=1S/C8H17N3O/c1-3-10(2)11-6-4-5-7(11)8(9)12/h7H,3-6H2,1-2H3,(H2,9,12). The van der Waals surface area contributed by atoms with Crippen LogP contribution in [0.25, 0.3) is 0 Å². The second-order valence-electron chi connectivity index (χ2n) is 3.20. The van der Waals surface area contributed by atoms with Crippen LogP contribution in [0.2, 0.25) is 0 Å². The van der Waals surface area contributed by atoms with Crippen LogP contribution in [-0.2, 0) is 4.79 Å². The molecule has 1 atom stereocenters. The number of hydrogen-bond donors (Lipinski definition) is 1. The van der Waals surface area contributed by atoms with Crippen molar-refractivity contribution >= 4 is 5.91 Å². The number of hydrogen-bond acceptors (Lipinski definition) is 3. The summed E-state index contributed by atoms with van der Waals surface area (Å²) in [7, 11) is 1.99. The van der Waals surface area contributed by atoms with Crippen molar-refractivity contribution in [3.05, 3.63) is 0 Å². The van der Waals surface area contributed by atoms with Crippen LogP contribution in [0.1, 0.15) is 19.8 Å². The summed E-state index contributed by atoms with van der Waals surface area (Å²) in [6, 6.07) is -0.0741. The lowest BCUT2D eigenvalue weighted by molar-refractivity contribution is -0.128. The molecule has 1 rings (SSSR count). The van der Waals surface area contributed by atoms with Crippen molar-refractivity contribution in [2.45, 2.75) is 25.8 Å². The summed E-state index contributed by atoms with van der Waals surface area (Å²) in [5.41, 5.74) is 5.27. The molecule has 12 heavy (non-hydrogen) atoms. The van der Waals surface area contributed by atoms with E-state index < -0.39 is 0 Å². The molecule has 0 radical (unpaired) electrons. The molecule has 4 heteroatoms. The maximum Gasteiger partial charge on any atom is 0.236 e. The van der Waals surface area contributed by atoms with Crippen LogP contribution in [0.15, 0.2) is 0 Å². The number of rotatable bonds is 3. The van der Waals surface area contributed by atoms with Crippen molar-refractivity contribution in [3.8, 4) is 0 Å². The average Bonchev–Trinajstić information content (AvgIpc) is 2.50. The van der Waals surface area contributed by atoms with Crippen LogP contribution in [-0.4, -0.2) is 42.1 Å². The molecule has 0 aromatic rings. The predicted octanol–water partition coefficient (Wildman–Crippen LogP) is -0.197. The van der Waals surface area contributed by atoms with Gasteiger partial charge < -0.3 is 5.73 Å². The minimum atomic E-state index is -0.201. The van der Waals surface area contributed by atoms with Crippen LogP contribution in [0.5, 0.6) is 0 Å². The van der Waals surface area contributed by atoms with Crippen molar-refractivity contribution in [2.75, 3.05) is 20.1 Å². The molecule has 0 aromatic heterocycles. The van der Waals surface area contributed by atoms with Crippen molar-refractivity contribution in [2.24, 2.45) is 5.73 Å². The normalized spacial score (nSPS) is 25.1. The zero-order valence-electron chi connectivity index (χ0n) is 7.79. The zero-order chi connectivity index (χ0) is 9.14. The Labute approximate surface area is 73.3 Å². The Kier molecular flexibility index (Phi) is 3.05. The van der Waals surface area contributed by atoms with Gasteiger partial charge in [-0.05, 0) is 12.8 Å². The van der Waals surface area contributed by atoms with Gasteiger partial charge in [-0.3, -0.25) is 4.79 Å². The topological polar surface area (TPSA) is 49.6 Å². The highest BCUT2D eigenvalue weighted by atomic mass is 16.1. The van der Waals surface area contributed by atoms with Gasteiger partial charge in [0.05, 0.1) is 0 Å². The third kappa shape index (κ3) is 1.76. The first-order chi connectivity index (χ1) is 5.66. The molecule has 1 aliphatic heterocycles. The van der Waals surface area contributed by atoms with E-state index in [1.165, 1.54) is 0 Å². The second kappa shape index (κ2) is 3.87. The SMILES string of the molecule is CCN(C)N1CCCC1C(N)=O. The molecular weight excluding hydrogens is 154 g/mol. The Morgan fingerprint density at radius 1 is 1.75 bits per heavy atom. The summed E-state index contributed by atoms with van der Waals surface area (Å²) in [5, 5.41) is 4.12. The maximum absolute atomic E-state index is 11.0. The first kappa shape index (κ1) is 9.48. The molecule has 4 nitrogen and oxygen atoms in total. The molecule has 1 saturated heterocycles. The Hall–Kier alpha value is -0.610. The highest BCUT2D eigenvalue weighted by Gasteiger charge is 2.30. The van der Waals surface area contributed by atoms with E-state index in [1.807, 2.05) is 7.05 Å². The summed E-state index contributed by atoms with van der Waals surface area (Å²) < 4.78 is 0. The number of nitrogens with two attached hydrogens (primary N) is 1. The fraction of sp³-hybridized carbons (Fsp3) is 0.875. The summed E-state index contributed by atoms with van der Waals surface area (Å²) in [6.45, 7) is 3.94. The van der Waals surface area contributed by atoms with Gasteiger partial charge in [-0.2, -0.15) is 0 Å². The summed E-state index contributed by atoms with van der Waals surface area (Å²) >= 11 is 0. The molecule has 1 aliphatic rings. The van der Waals surface area contributed by atoms with Gasteiger partial charge in [-0.25, -0.2) is 10.0 Å². The number of primary amides is 1. The second-order valence-corrected chi connectivity index (χ2v) is 3.20. The molecule has 70 valence electrons. The summed E-state index contributed by atoms with van der Waals surface area (Å²) in [6.07, 6.45) is 1.97. The van der Waals surface area contributed by atoms with Gasteiger partial charge >= 0.3 is 0 Å². The number of hydrazine groups is 1. The monoisotopic (exact) mass is 171 g/mol. The third-order valence-electron chi connectivity index (χ3n) is 2.45. The minimum absolute atomic E-state index is 0.0741. The zero-order valence-corrected chi connectivity index (χ0v) is 7.79. The Morgan fingerprint density at radius 3 is 2.92 bits per heavy atom. The number of amides is 1. The number of carbonyl (C=O) groups excluding carboxylic acids is 1. The Balaban J connectivity index is 2.57. The molecule has 2 N–H and O–H groups in total. The highest BCUT2D eigenvalue weighted by Crippen LogP contribution is 2.17. The minimum Gasteiger partial charge on any atom is -0.368 e. The van der Waals surface area contributed by atoms with E-state index in [2.05, 4.69) is 16.9 Å². The van der Waals surface area contributed by atoms with Gasteiger partial charge in [0.1, 0.15) is 6.04 Å². The first-order valence-electron chi connectivity index (χ1n) is 4.43. The van der Waals surface area contributed by atoms with E-state index in [9.17, 15) is 4.79 Å². The van der Waals surface area contributed by atoms with Gasteiger partial charge in [-0.15, -0.1) is 0 Å². The lowest BCUT2D eigenvalue weighted by Crippen LogP contribution is -2.48. The number of carbonyl (C=O) groups is 1. The highest BCUT2D eigenvalue weighted by molar-refractivity contribution is 5.80. The van der Waals surface area contributed by atoms with E-state index in [1.54, 1.807) is 0 Å². The van der Waals surface area contributed by atoms with Gasteiger partial charge in [0, 0.05) is 20.1 Å². The van der Waals surface area contributed by atoms with Gasteiger partial charge in [-0.1, -0.05) is 6.92 Å². The largest absolute Gasteiger partial charge is 0.368 e. The van der Waals surface area contributed by atoms with E-state index >= 15 is 0 Å². The van der Waals surface area contributed by atoms with Crippen LogP contribution >= 0.6 is 0 Å². The lowest BCUT2D eigenvalue weighted by atomic mass is 10.2. The average molecular weight is 171 g/mol. The summed E-state index contributed by atoms with van der Waals surface area (Å²) in [4.78, 5) is 11.0. The molecule has 1 heterocycles. The summed E-state index contributed by atoms with van der Waals surface area (Å²) in [5.74, 6) is -0.201. The number of nitrogens with zero attached hydrogens (tertiary/aromatic N) is 2. The molecule has 0 aromatic carbocycles. The maximum atomic E-state index is 11.0. The molecule has 0 bridgehead atoms. The quantitative estimate of drug-likeness (QED) is 0.640. The lowest BCUT2D eigenvalue weighted by Gasteiger charge is -2.30. The molecule has 1 fully saturated rings. The predicted molar refractivity (Wildman–Crippen MR) is 47.2 cm³/mol. The van der Waals surface area contributed by atoms with Crippen LogP contribution < -0.4 is 5.73 Å². The van der Waals surface area contributed by atoms with E-state index in [4.69, 9.17) is 5.73 Å². The van der Waals surface area contributed by atoms with Gasteiger partial charge in [0.15, 0.2) is 0 Å². The Morgan fingerprint density at radius 2 is 2.42 bits per heavy atom. The van der Waals surface area contributed by atoms with Crippen molar-refractivity contribution in [3.63, 3.8) is 0 Å². The van der Waals surface area contributed by atoms with Gasteiger partial charge in [0.2, 0.25) is 5.91 Å². The Bertz CT molecular complexity index is 172. The van der Waals surface area contributed by atoms with E-state index in [-0.39, 0.29) is 11.9 Å². The first-order valence-corrected chi connectivity index (χ1v) is 4.43. The van der Waals surface area contributed by atoms with Crippen LogP contribution in [0.4, 0.5) is 0 Å². The molecule has 0 spiro atoms. The van der Waals surface area contributed by atoms with E-state index in [0.29, 0.717) is 0 Å². The molecule has 0 saturated carbocycles. The molecule has 1 unspecified atom stereocenters. The van der Waals surface area contributed by atoms with E-state index in [0.717, 1.165) is 25.9 Å². The third-order valence-corrected chi connectivity index (χ3v) is 2.45. The van der Waals surface area contributed by atoms with Crippen molar-refractivity contribution in [1.82, 2.24) is 10.0 Å². The molecule has 1 amide bonds. The van der Waals surface area contributed by atoms with Crippen molar-refractivity contribution in [1.29, 1.82) is 0 Å². The van der Waals surface area contributed by atoms with Crippen LogP contribution in [0.3, 0.4) is 0 Å². The van der Waals surface area contributed by atoms with Crippen LogP contribution in [0, 0.1) is 0 Å².